The Hall–Kier alpha value is -2.83. The summed E-state index contributed by atoms with van der Waals surface area (Å²) in [5.41, 5.74) is 8.50. The summed E-state index contributed by atoms with van der Waals surface area (Å²) >= 11 is 12.4. The summed E-state index contributed by atoms with van der Waals surface area (Å²) in [7, 11) is 0. The monoisotopic (exact) mass is 414 g/mol. The number of fused-ring (bicyclic) bond motifs is 1. The van der Waals surface area contributed by atoms with Gasteiger partial charge in [-0.05, 0) is 54.4 Å². The van der Waals surface area contributed by atoms with Crippen LogP contribution in [0.1, 0.15) is 21.6 Å². The number of rotatable bonds is 4. The summed E-state index contributed by atoms with van der Waals surface area (Å²) in [6, 6.07) is 12.1. The molecule has 2 heterocycles. The van der Waals surface area contributed by atoms with Crippen LogP contribution < -0.4 is 10.5 Å². The van der Waals surface area contributed by atoms with Crippen LogP contribution in [-0.2, 0) is 13.0 Å². The Labute approximate surface area is 171 Å². The van der Waals surface area contributed by atoms with E-state index in [1.807, 2.05) is 18.2 Å². The molecule has 142 valence electrons. The lowest BCUT2D eigenvalue weighted by Crippen LogP contribution is -2.37. The Morgan fingerprint density at radius 1 is 1.14 bits per heavy atom. The molecule has 0 fully saturated rings. The molecule has 0 atom stereocenters. The highest BCUT2D eigenvalue weighted by Crippen LogP contribution is 2.38. The molecule has 28 heavy (non-hydrogen) atoms. The lowest BCUT2D eigenvalue weighted by molar-refractivity contribution is 0.0724. The summed E-state index contributed by atoms with van der Waals surface area (Å²) in [5, 5.41) is 8.56. The average Bonchev–Trinajstić information content (AvgIpc) is 2.68. The molecule has 8 heteroatoms. The second-order valence-electron chi connectivity index (χ2n) is 6.43. The van der Waals surface area contributed by atoms with Crippen molar-refractivity contribution in [3.63, 3.8) is 0 Å². The van der Waals surface area contributed by atoms with Gasteiger partial charge >= 0.3 is 0 Å². The molecule has 6 nitrogen and oxygen atoms in total. The van der Waals surface area contributed by atoms with Crippen molar-refractivity contribution in [2.24, 2.45) is 0 Å². The topological polar surface area (TPSA) is 81.3 Å². The molecule has 2 N–H and O–H groups in total. The van der Waals surface area contributed by atoms with E-state index in [2.05, 4.69) is 10.2 Å². The largest absolute Gasteiger partial charge is 0.454 e. The van der Waals surface area contributed by atoms with Gasteiger partial charge in [0.1, 0.15) is 5.75 Å². The third-order valence-electron chi connectivity index (χ3n) is 4.47. The first-order chi connectivity index (χ1) is 13.5. The summed E-state index contributed by atoms with van der Waals surface area (Å²) < 4.78 is 5.86. The third-order valence-corrected chi connectivity index (χ3v) is 5.03. The van der Waals surface area contributed by atoms with Crippen LogP contribution in [-0.4, -0.2) is 27.5 Å². The third kappa shape index (κ3) is 3.74. The number of aromatic nitrogens is 2. The smallest absolute Gasteiger partial charge is 0.254 e. The van der Waals surface area contributed by atoms with Crippen molar-refractivity contribution in [1.29, 1.82) is 0 Å². The molecule has 0 saturated heterocycles. The van der Waals surface area contributed by atoms with Gasteiger partial charge < -0.3 is 15.4 Å². The molecule has 0 unspecified atom stereocenters. The Morgan fingerprint density at radius 2 is 1.93 bits per heavy atom. The minimum Gasteiger partial charge on any atom is -0.454 e. The fraction of sp³-hybridized carbons (Fsp3) is 0.150. The van der Waals surface area contributed by atoms with Crippen LogP contribution >= 0.6 is 23.2 Å². The standard InChI is InChI=1S/C20H16Cl2N4O2/c21-17-9-13(23)10-18(22)19(17)28-15-3-4-16-12(8-15)5-7-26(20(16)27)11-14-2-1-6-24-25-14/h1-4,6,8-10H,5,7,11,23H2. The number of nitrogens with zero attached hydrogens (tertiary/aromatic N) is 3. The number of nitrogens with two attached hydrogens (primary N) is 1. The van der Waals surface area contributed by atoms with Crippen LogP contribution in [0.15, 0.2) is 48.7 Å². The number of hydrogen-bond donors (Lipinski definition) is 1. The van der Waals surface area contributed by atoms with Crippen molar-refractivity contribution in [1.82, 2.24) is 15.1 Å². The lowest BCUT2D eigenvalue weighted by atomic mass is 9.98. The average molecular weight is 415 g/mol. The molecule has 0 saturated carbocycles. The molecule has 1 amide bonds. The zero-order valence-corrected chi connectivity index (χ0v) is 16.2. The van der Waals surface area contributed by atoms with Gasteiger partial charge in [0.25, 0.3) is 5.91 Å². The highest BCUT2D eigenvalue weighted by molar-refractivity contribution is 6.37. The van der Waals surface area contributed by atoms with Crippen molar-refractivity contribution >= 4 is 34.8 Å². The van der Waals surface area contributed by atoms with Gasteiger partial charge in [0.15, 0.2) is 5.75 Å². The molecular formula is C20H16Cl2N4O2. The Bertz CT molecular complexity index is 1020. The van der Waals surface area contributed by atoms with Crippen LogP contribution in [0.3, 0.4) is 0 Å². The highest BCUT2D eigenvalue weighted by Gasteiger charge is 2.25. The van der Waals surface area contributed by atoms with Crippen molar-refractivity contribution in [3.8, 4) is 11.5 Å². The Balaban J connectivity index is 1.55. The van der Waals surface area contributed by atoms with Gasteiger partial charge in [-0.25, -0.2) is 0 Å². The van der Waals surface area contributed by atoms with Gasteiger partial charge in [0.2, 0.25) is 0 Å². The first kappa shape index (κ1) is 18.5. The molecule has 4 rings (SSSR count). The Morgan fingerprint density at radius 3 is 2.64 bits per heavy atom. The van der Waals surface area contributed by atoms with Gasteiger partial charge in [-0.15, -0.1) is 0 Å². The number of hydrogen-bond acceptors (Lipinski definition) is 5. The molecule has 1 aliphatic heterocycles. The number of anilines is 1. The summed E-state index contributed by atoms with van der Waals surface area (Å²) in [5.74, 6) is 0.855. The van der Waals surface area contributed by atoms with E-state index in [0.717, 1.165) is 11.3 Å². The van der Waals surface area contributed by atoms with Gasteiger partial charge in [0.05, 0.1) is 22.3 Å². The second-order valence-corrected chi connectivity index (χ2v) is 7.24. The lowest BCUT2D eigenvalue weighted by Gasteiger charge is -2.28. The normalized spacial score (nSPS) is 13.4. The number of benzene rings is 2. The van der Waals surface area contributed by atoms with Crippen molar-refractivity contribution < 1.29 is 9.53 Å². The van der Waals surface area contributed by atoms with Crippen molar-refractivity contribution in [3.05, 3.63) is 75.5 Å². The maximum Gasteiger partial charge on any atom is 0.254 e. The number of carbonyl (C=O) groups is 1. The molecule has 3 aromatic rings. The molecule has 1 aliphatic rings. The number of halogens is 2. The Kier molecular flexibility index (Phi) is 5.07. The van der Waals surface area contributed by atoms with E-state index in [4.69, 9.17) is 33.7 Å². The maximum atomic E-state index is 12.8. The van der Waals surface area contributed by atoms with E-state index in [9.17, 15) is 4.79 Å². The number of ether oxygens (including phenoxy) is 1. The van der Waals surface area contributed by atoms with Crippen LogP contribution in [0.4, 0.5) is 5.69 Å². The van der Waals surface area contributed by atoms with Crippen molar-refractivity contribution in [2.45, 2.75) is 13.0 Å². The van der Waals surface area contributed by atoms with Crippen LogP contribution in [0, 0.1) is 0 Å². The molecule has 0 spiro atoms. The van der Waals surface area contributed by atoms with E-state index in [-0.39, 0.29) is 5.91 Å². The van der Waals surface area contributed by atoms with E-state index >= 15 is 0 Å². The number of amides is 1. The molecule has 0 bridgehead atoms. The van der Waals surface area contributed by atoms with E-state index < -0.39 is 0 Å². The highest BCUT2D eigenvalue weighted by atomic mass is 35.5. The van der Waals surface area contributed by atoms with E-state index in [1.165, 1.54) is 0 Å². The molecular weight excluding hydrogens is 399 g/mol. The minimum atomic E-state index is -0.0398. The number of nitrogen functional groups attached to an aromatic ring is 1. The fourth-order valence-electron chi connectivity index (χ4n) is 3.14. The van der Waals surface area contributed by atoms with Crippen LogP contribution in [0.25, 0.3) is 0 Å². The molecule has 0 aliphatic carbocycles. The van der Waals surface area contributed by atoms with Gasteiger partial charge in [-0.2, -0.15) is 10.2 Å². The van der Waals surface area contributed by atoms with Gasteiger partial charge in [-0.3, -0.25) is 4.79 Å². The molecule has 2 aromatic carbocycles. The van der Waals surface area contributed by atoms with Crippen LogP contribution in [0.5, 0.6) is 11.5 Å². The summed E-state index contributed by atoms with van der Waals surface area (Å²) in [6.45, 7) is 1.02. The molecule has 1 aromatic heterocycles. The van der Waals surface area contributed by atoms with Gasteiger partial charge in [0, 0.05) is 24.0 Å². The van der Waals surface area contributed by atoms with Crippen molar-refractivity contribution in [2.75, 3.05) is 12.3 Å². The zero-order valence-electron chi connectivity index (χ0n) is 14.7. The SMILES string of the molecule is Nc1cc(Cl)c(Oc2ccc3c(c2)CCN(Cc2cccnn2)C3=O)c(Cl)c1. The van der Waals surface area contributed by atoms with E-state index in [1.54, 1.807) is 35.4 Å². The summed E-state index contributed by atoms with van der Waals surface area (Å²) in [6.07, 6.45) is 2.32. The predicted octanol–water partition coefficient (Wildman–Crippen LogP) is 4.36. The van der Waals surface area contributed by atoms with E-state index in [0.29, 0.717) is 52.3 Å². The quantitative estimate of drug-likeness (QED) is 0.641. The predicted molar refractivity (Wildman–Crippen MR) is 108 cm³/mol. The second kappa shape index (κ2) is 7.66. The number of carbonyl (C=O) groups excluding carboxylic acids is 1. The maximum absolute atomic E-state index is 12.8. The minimum absolute atomic E-state index is 0.0398. The van der Waals surface area contributed by atoms with Crippen LogP contribution in [0.2, 0.25) is 10.0 Å². The van der Waals surface area contributed by atoms with Gasteiger partial charge in [-0.1, -0.05) is 23.2 Å². The molecule has 0 radical (unpaired) electrons. The zero-order chi connectivity index (χ0) is 19.7. The first-order valence-corrected chi connectivity index (χ1v) is 9.38. The fourth-order valence-corrected chi connectivity index (χ4v) is 3.72. The summed E-state index contributed by atoms with van der Waals surface area (Å²) in [4.78, 5) is 14.6. The first-order valence-electron chi connectivity index (χ1n) is 8.62.